The topological polar surface area (TPSA) is 52.0 Å². The second-order valence-electron chi connectivity index (χ2n) is 5.66. The number of anilines is 1. The van der Waals surface area contributed by atoms with Crippen molar-refractivity contribution in [3.05, 3.63) is 71.8 Å². The van der Waals surface area contributed by atoms with Crippen LogP contribution in [0.3, 0.4) is 0 Å². The summed E-state index contributed by atoms with van der Waals surface area (Å²) in [6.45, 7) is 0. The molecule has 4 rings (SSSR count). The minimum Gasteiger partial charge on any atom is -0.497 e. The van der Waals surface area contributed by atoms with Gasteiger partial charge < -0.3 is 10.1 Å². The van der Waals surface area contributed by atoms with Gasteiger partial charge in [0.05, 0.1) is 7.11 Å². The molecule has 0 unspecified atom stereocenters. The molecule has 2 heterocycles. The Morgan fingerprint density at radius 2 is 1.84 bits per heavy atom. The van der Waals surface area contributed by atoms with Crippen LogP contribution in [-0.4, -0.2) is 28.1 Å². The summed E-state index contributed by atoms with van der Waals surface area (Å²) in [7, 11) is 1.67. The second-order valence-corrected chi connectivity index (χ2v) is 6.43. The highest BCUT2D eigenvalue weighted by Crippen LogP contribution is 2.34. The molecule has 126 valence electrons. The van der Waals surface area contributed by atoms with Crippen LogP contribution in [0, 0.1) is 0 Å². The molecule has 1 N–H and O–H groups in total. The predicted octanol–water partition coefficient (Wildman–Crippen LogP) is 4.06. The van der Waals surface area contributed by atoms with E-state index in [4.69, 9.17) is 4.74 Å². The Labute approximate surface area is 150 Å². The van der Waals surface area contributed by atoms with Crippen molar-refractivity contribution in [1.29, 1.82) is 0 Å². The number of thioether (sulfide) groups is 1. The van der Waals surface area contributed by atoms with Crippen molar-refractivity contribution in [2.75, 3.05) is 18.7 Å². The first-order chi connectivity index (χ1) is 12.3. The molecule has 0 fully saturated rings. The summed E-state index contributed by atoms with van der Waals surface area (Å²) in [5.41, 5.74) is 3.30. The lowest BCUT2D eigenvalue weighted by Gasteiger charge is -2.24. The quantitative estimate of drug-likeness (QED) is 0.719. The average molecular weight is 350 g/mol. The number of hydrogen-bond donors (Lipinski definition) is 1. The number of benzene rings is 2. The van der Waals surface area contributed by atoms with Gasteiger partial charge >= 0.3 is 0 Å². The number of nitrogens with zero attached hydrogens (tertiary/aromatic N) is 3. The van der Waals surface area contributed by atoms with Crippen LogP contribution in [0.1, 0.15) is 17.2 Å². The van der Waals surface area contributed by atoms with Crippen LogP contribution in [-0.2, 0) is 0 Å². The van der Waals surface area contributed by atoms with Crippen LogP contribution in [0.4, 0.5) is 5.95 Å². The zero-order valence-corrected chi connectivity index (χ0v) is 14.8. The van der Waals surface area contributed by atoms with E-state index in [1.165, 1.54) is 11.8 Å². The first-order valence-corrected chi connectivity index (χ1v) is 9.19. The van der Waals surface area contributed by atoms with E-state index in [1.807, 2.05) is 41.3 Å². The van der Waals surface area contributed by atoms with Gasteiger partial charge in [-0.3, -0.25) is 0 Å². The van der Waals surface area contributed by atoms with E-state index in [2.05, 4.69) is 45.7 Å². The summed E-state index contributed by atoms with van der Waals surface area (Å²) in [6, 6.07) is 18.3. The molecule has 6 heteroatoms. The SMILES string of the molecule is COc1ccc([C@H]2C=C(c3ccccc3)Nc3nc(SC)nn32)cc1. The van der Waals surface area contributed by atoms with Crippen molar-refractivity contribution in [2.24, 2.45) is 0 Å². The zero-order valence-electron chi connectivity index (χ0n) is 14.0. The molecule has 5 nitrogen and oxygen atoms in total. The molecule has 1 aliphatic heterocycles. The lowest BCUT2D eigenvalue weighted by atomic mass is 10.0. The van der Waals surface area contributed by atoms with Gasteiger partial charge in [0.25, 0.3) is 0 Å². The Bertz CT molecular complexity index is 903. The van der Waals surface area contributed by atoms with Crippen LogP contribution < -0.4 is 10.1 Å². The third-order valence-electron chi connectivity index (χ3n) is 4.17. The van der Waals surface area contributed by atoms with Crippen LogP contribution >= 0.6 is 11.8 Å². The molecule has 0 radical (unpaired) electrons. The number of aromatic nitrogens is 3. The molecule has 0 saturated heterocycles. The van der Waals surface area contributed by atoms with Gasteiger partial charge in [-0.2, -0.15) is 4.98 Å². The standard InChI is InChI=1S/C19H18N4OS/c1-24-15-10-8-14(9-11-15)17-12-16(13-6-4-3-5-7-13)20-18-21-19(25-2)22-23(17)18/h3-12,17H,1-2H3,(H,20,21,22)/t17-/m1/s1. The average Bonchev–Trinajstić information content (AvgIpc) is 3.11. The number of fused-ring (bicyclic) bond motifs is 1. The van der Waals surface area contributed by atoms with E-state index in [0.29, 0.717) is 0 Å². The molecule has 3 aromatic rings. The number of ether oxygens (including phenoxy) is 1. The normalized spacial score (nSPS) is 15.9. The van der Waals surface area contributed by atoms with Crippen molar-refractivity contribution >= 4 is 23.4 Å². The molecule has 1 aliphatic rings. The first kappa shape index (κ1) is 15.8. The van der Waals surface area contributed by atoms with Crippen molar-refractivity contribution < 1.29 is 4.74 Å². The van der Waals surface area contributed by atoms with Gasteiger partial charge in [0.2, 0.25) is 11.1 Å². The van der Waals surface area contributed by atoms with Crippen LogP contribution in [0.2, 0.25) is 0 Å². The van der Waals surface area contributed by atoms with Crippen molar-refractivity contribution in [2.45, 2.75) is 11.2 Å². The van der Waals surface area contributed by atoms with Crippen LogP contribution in [0.5, 0.6) is 5.75 Å². The van der Waals surface area contributed by atoms with E-state index in [0.717, 1.165) is 33.7 Å². The third kappa shape index (κ3) is 3.00. The fourth-order valence-corrected chi connectivity index (χ4v) is 3.23. The summed E-state index contributed by atoms with van der Waals surface area (Å²) in [6.07, 6.45) is 4.16. The van der Waals surface area contributed by atoms with E-state index in [-0.39, 0.29) is 6.04 Å². The summed E-state index contributed by atoms with van der Waals surface area (Å²) in [4.78, 5) is 4.59. The largest absolute Gasteiger partial charge is 0.497 e. The highest BCUT2D eigenvalue weighted by atomic mass is 32.2. The third-order valence-corrected chi connectivity index (χ3v) is 4.71. The predicted molar refractivity (Wildman–Crippen MR) is 101 cm³/mol. The molecule has 2 aromatic carbocycles. The smallest absolute Gasteiger partial charge is 0.227 e. The van der Waals surface area contributed by atoms with E-state index >= 15 is 0 Å². The fourth-order valence-electron chi connectivity index (χ4n) is 2.88. The molecule has 1 aromatic heterocycles. The Kier molecular flexibility index (Phi) is 4.19. The fraction of sp³-hybridized carbons (Fsp3) is 0.158. The molecule has 0 aliphatic carbocycles. The van der Waals surface area contributed by atoms with E-state index < -0.39 is 0 Å². The van der Waals surface area contributed by atoms with Gasteiger partial charge in [0, 0.05) is 5.70 Å². The maximum Gasteiger partial charge on any atom is 0.227 e. The lowest BCUT2D eigenvalue weighted by Crippen LogP contribution is -2.20. The zero-order chi connectivity index (χ0) is 17.2. The molecule has 1 atom stereocenters. The number of nitrogens with one attached hydrogen (secondary N) is 1. The summed E-state index contributed by atoms with van der Waals surface area (Å²) >= 11 is 1.54. The number of allylic oxidation sites excluding steroid dienone is 1. The van der Waals surface area contributed by atoms with Crippen molar-refractivity contribution in [3.63, 3.8) is 0 Å². The molecule has 25 heavy (non-hydrogen) atoms. The Hall–Kier alpha value is -2.73. The van der Waals surface area contributed by atoms with E-state index in [1.54, 1.807) is 7.11 Å². The maximum atomic E-state index is 5.27. The molecule has 0 saturated carbocycles. The number of methoxy groups -OCH3 is 1. The summed E-state index contributed by atoms with van der Waals surface area (Å²) in [5.74, 6) is 1.60. The van der Waals surface area contributed by atoms with Crippen LogP contribution in [0.15, 0.2) is 65.8 Å². The number of rotatable bonds is 4. The highest BCUT2D eigenvalue weighted by Gasteiger charge is 2.25. The van der Waals surface area contributed by atoms with Crippen molar-refractivity contribution in [3.8, 4) is 5.75 Å². The van der Waals surface area contributed by atoms with Gasteiger partial charge in [-0.15, -0.1) is 5.10 Å². The number of hydrogen-bond acceptors (Lipinski definition) is 5. The Morgan fingerprint density at radius 3 is 2.52 bits per heavy atom. The van der Waals surface area contributed by atoms with Crippen LogP contribution in [0.25, 0.3) is 5.70 Å². The maximum absolute atomic E-state index is 5.27. The molecule has 0 bridgehead atoms. The van der Waals surface area contributed by atoms with Gasteiger partial charge in [0.1, 0.15) is 11.8 Å². The minimum absolute atomic E-state index is 0.0224. The minimum atomic E-state index is -0.0224. The summed E-state index contributed by atoms with van der Waals surface area (Å²) < 4.78 is 7.20. The van der Waals surface area contributed by atoms with E-state index in [9.17, 15) is 0 Å². The summed E-state index contributed by atoms with van der Waals surface area (Å²) in [5, 5.41) is 8.78. The Morgan fingerprint density at radius 1 is 1.08 bits per heavy atom. The van der Waals surface area contributed by atoms with Gasteiger partial charge in [-0.05, 0) is 35.6 Å². The highest BCUT2D eigenvalue weighted by molar-refractivity contribution is 7.98. The first-order valence-electron chi connectivity index (χ1n) is 7.97. The van der Waals surface area contributed by atoms with Gasteiger partial charge in [-0.25, -0.2) is 4.68 Å². The molecular weight excluding hydrogens is 332 g/mol. The monoisotopic (exact) mass is 350 g/mol. The Balaban J connectivity index is 1.80. The molecular formula is C19H18N4OS. The molecule has 0 spiro atoms. The van der Waals surface area contributed by atoms with Crippen molar-refractivity contribution in [1.82, 2.24) is 14.8 Å². The van der Waals surface area contributed by atoms with Gasteiger partial charge in [-0.1, -0.05) is 54.2 Å². The van der Waals surface area contributed by atoms with Gasteiger partial charge in [0.15, 0.2) is 0 Å². The molecule has 0 amide bonds. The second kappa shape index (κ2) is 6.64. The lowest BCUT2D eigenvalue weighted by molar-refractivity contribution is 0.414.